The maximum Gasteiger partial charge on any atom is 0.193 e. The standard InChI is InChI=1S/C23H33N5/c1-4-27-9-11-28(12-10-27)17-21-7-5-20(6-8-21)16-25-23(24)26-22-14-18(2)13-19(3)15-22/h5-8,13-15H,4,9-12,16-17H2,1-3H3,(H3,24,25,26). The average molecular weight is 380 g/mol. The van der Waals surface area contributed by atoms with E-state index in [0.717, 1.165) is 31.9 Å². The third kappa shape index (κ3) is 6.08. The van der Waals surface area contributed by atoms with Crippen molar-refractivity contribution in [1.29, 1.82) is 0 Å². The molecule has 0 amide bonds. The summed E-state index contributed by atoms with van der Waals surface area (Å²) in [4.78, 5) is 9.52. The van der Waals surface area contributed by atoms with Crippen LogP contribution in [0.2, 0.25) is 0 Å². The Morgan fingerprint density at radius 3 is 2.11 bits per heavy atom. The Hall–Kier alpha value is -2.37. The first-order valence-electron chi connectivity index (χ1n) is 10.2. The molecule has 0 aromatic heterocycles. The predicted molar refractivity (Wildman–Crippen MR) is 119 cm³/mol. The summed E-state index contributed by atoms with van der Waals surface area (Å²) < 4.78 is 0. The van der Waals surface area contributed by atoms with Gasteiger partial charge in [-0.15, -0.1) is 0 Å². The third-order valence-electron chi connectivity index (χ3n) is 5.27. The monoisotopic (exact) mass is 379 g/mol. The first-order chi connectivity index (χ1) is 13.5. The van der Waals surface area contributed by atoms with Gasteiger partial charge in [-0.3, -0.25) is 4.90 Å². The molecule has 3 rings (SSSR count). The highest BCUT2D eigenvalue weighted by molar-refractivity contribution is 5.92. The quantitative estimate of drug-likeness (QED) is 0.597. The molecule has 28 heavy (non-hydrogen) atoms. The van der Waals surface area contributed by atoms with Crippen molar-refractivity contribution in [3.63, 3.8) is 0 Å². The molecule has 1 aliphatic rings. The van der Waals surface area contributed by atoms with Crippen molar-refractivity contribution in [2.45, 2.75) is 33.9 Å². The summed E-state index contributed by atoms with van der Waals surface area (Å²) in [6, 6.07) is 15.0. The fraction of sp³-hybridized carbons (Fsp3) is 0.435. The summed E-state index contributed by atoms with van der Waals surface area (Å²) in [5.41, 5.74) is 12.0. The molecule has 2 aromatic rings. The number of likely N-dealkylation sites (N-methyl/N-ethyl adjacent to an activating group) is 1. The van der Waals surface area contributed by atoms with E-state index < -0.39 is 0 Å². The second kappa shape index (κ2) is 9.71. The van der Waals surface area contributed by atoms with Crippen LogP contribution in [-0.2, 0) is 13.1 Å². The van der Waals surface area contributed by atoms with Crippen LogP contribution in [0.5, 0.6) is 0 Å². The number of guanidine groups is 1. The van der Waals surface area contributed by atoms with E-state index in [9.17, 15) is 0 Å². The smallest absolute Gasteiger partial charge is 0.193 e. The molecule has 1 saturated heterocycles. The third-order valence-corrected chi connectivity index (χ3v) is 5.27. The van der Waals surface area contributed by atoms with Crippen LogP contribution in [0, 0.1) is 13.8 Å². The first-order valence-corrected chi connectivity index (χ1v) is 10.2. The van der Waals surface area contributed by atoms with Crippen molar-refractivity contribution in [1.82, 2.24) is 9.80 Å². The van der Waals surface area contributed by atoms with Crippen molar-refractivity contribution in [2.75, 3.05) is 38.0 Å². The predicted octanol–water partition coefficient (Wildman–Crippen LogP) is 3.37. The van der Waals surface area contributed by atoms with Gasteiger partial charge in [-0.1, -0.05) is 37.3 Å². The summed E-state index contributed by atoms with van der Waals surface area (Å²) in [5, 5.41) is 3.18. The fourth-order valence-corrected chi connectivity index (χ4v) is 3.68. The zero-order valence-corrected chi connectivity index (χ0v) is 17.4. The van der Waals surface area contributed by atoms with E-state index in [1.54, 1.807) is 0 Å². The SMILES string of the molecule is CCN1CCN(Cc2ccc(CN=C(N)Nc3cc(C)cc(C)c3)cc2)CC1. The Morgan fingerprint density at radius 1 is 0.929 bits per heavy atom. The Morgan fingerprint density at radius 2 is 1.50 bits per heavy atom. The zero-order valence-electron chi connectivity index (χ0n) is 17.4. The van der Waals surface area contributed by atoms with Gasteiger partial charge in [-0.05, 0) is 54.8 Å². The minimum atomic E-state index is 0.447. The molecule has 150 valence electrons. The maximum absolute atomic E-state index is 6.06. The molecule has 3 N–H and O–H groups in total. The van der Waals surface area contributed by atoms with Gasteiger partial charge in [0.2, 0.25) is 0 Å². The average Bonchev–Trinajstić information content (AvgIpc) is 2.67. The van der Waals surface area contributed by atoms with Gasteiger partial charge in [-0.25, -0.2) is 4.99 Å². The van der Waals surface area contributed by atoms with Crippen LogP contribution in [0.25, 0.3) is 0 Å². The Bertz CT molecular complexity index is 769. The van der Waals surface area contributed by atoms with E-state index in [-0.39, 0.29) is 0 Å². The highest BCUT2D eigenvalue weighted by atomic mass is 15.3. The van der Waals surface area contributed by atoms with Crippen LogP contribution >= 0.6 is 0 Å². The molecule has 0 atom stereocenters. The molecule has 0 saturated carbocycles. The number of nitrogens with two attached hydrogens (primary N) is 1. The van der Waals surface area contributed by atoms with Crippen molar-refractivity contribution >= 4 is 11.6 Å². The summed E-state index contributed by atoms with van der Waals surface area (Å²) in [6.45, 7) is 13.8. The van der Waals surface area contributed by atoms with Crippen LogP contribution in [0.1, 0.15) is 29.2 Å². The molecule has 5 heteroatoms. The molecule has 0 aliphatic carbocycles. The van der Waals surface area contributed by atoms with E-state index in [0.29, 0.717) is 12.5 Å². The van der Waals surface area contributed by atoms with Gasteiger partial charge in [0.15, 0.2) is 5.96 Å². The van der Waals surface area contributed by atoms with E-state index in [1.807, 2.05) is 0 Å². The number of benzene rings is 2. The molecule has 2 aromatic carbocycles. The van der Waals surface area contributed by atoms with Crippen LogP contribution < -0.4 is 11.1 Å². The lowest BCUT2D eigenvalue weighted by Gasteiger charge is -2.34. The molecular formula is C23H33N5. The molecule has 1 aliphatic heterocycles. The zero-order chi connectivity index (χ0) is 19.9. The first kappa shape index (κ1) is 20.4. The van der Waals surface area contributed by atoms with Crippen molar-refractivity contribution in [2.24, 2.45) is 10.7 Å². The molecule has 0 bridgehead atoms. The van der Waals surface area contributed by atoms with E-state index in [2.05, 4.69) is 83.3 Å². The maximum atomic E-state index is 6.06. The Labute approximate surface area is 169 Å². The molecular weight excluding hydrogens is 346 g/mol. The van der Waals surface area contributed by atoms with Crippen molar-refractivity contribution < 1.29 is 0 Å². The summed E-state index contributed by atoms with van der Waals surface area (Å²) in [6.07, 6.45) is 0. The van der Waals surface area contributed by atoms with Gasteiger partial charge in [0, 0.05) is 38.4 Å². The summed E-state index contributed by atoms with van der Waals surface area (Å²) >= 11 is 0. The van der Waals surface area contributed by atoms with Crippen LogP contribution in [-0.4, -0.2) is 48.5 Å². The summed E-state index contributed by atoms with van der Waals surface area (Å²) in [5.74, 6) is 0.447. The minimum Gasteiger partial charge on any atom is -0.370 e. The number of rotatable bonds is 6. The van der Waals surface area contributed by atoms with E-state index in [4.69, 9.17) is 5.73 Å². The van der Waals surface area contributed by atoms with Gasteiger partial charge in [-0.2, -0.15) is 0 Å². The number of hydrogen-bond donors (Lipinski definition) is 2. The molecule has 5 nitrogen and oxygen atoms in total. The molecule has 0 radical (unpaired) electrons. The molecule has 0 spiro atoms. The topological polar surface area (TPSA) is 56.9 Å². The minimum absolute atomic E-state index is 0.447. The lowest BCUT2D eigenvalue weighted by molar-refractivity contribution is 0.132. The number of nitrogens with zero attached hydrogens (tertiary/aromatic N) is 3. The van der Waals surface area contributed by atoms with Gasteiger partial charge in [0.25, 0.3) is 0 Å². The van der Waals surface area contributed by atoms with Crippen molar-refractivity contribution in [3.05, 3.63) is 64.7 Å². The largest absolute Gasteiger partial charge is 0.370 e. The van der Waals surface area contributed by atoms with Crippen LogP contribution in [0.3, 0.4) is 0 Å². The van der Waals surface area contributed by atoms with Crippen LogP contribution in [0.4, 0.5) is 5.69 Å². The number of aryl methyl sites for hydroxylation is 2. The number of aliphatic imine (C=N–C) groups is 1. The Kier molecular flexibility index (Phi) is 7.06. The second-order valence-corrected chi connectivity index (χ2v) is 7.73. The van der Waals surface area contributed by atoms with E-state index in [1.165, 1.54) is 35.3 Å². The number of piperazine rings is 1. The highest BCUT2D eigenvalue weighted by Crippen LogP contribution is 2.14. The Balaban J connectivity index is 1.50. The molecule has 1 heterocycles. The molecule has 1 fully saturated rings. The van der Waals surface area contributed by atoms with Gasteiger partial charge >= 0.3 is 0 Å². The lowest BCUT2D eigenvalue weighted by Crippen LogP contribution is -2.45. The van der Waals surface area contributed by atoms with Crippen molar-refractivity contribution in [3.8, 4) is 0 Å². The second-order valence-electron chi connectivity index (χ2n) is 7.73. The number of anilines is 1. The van der Waals surface area contributed by atoms with Crippen LogP contribution in [0.15, 0.2) is 47.5 Å². The molecule has 0 unspecified atom stereocenters. The van der Waals surface area contributed by atoms with Gasteiger partial charge < -0.3 is 16.0 Å². The fourth-order valence-electron chi connectivity index (χ4n) is 3.68. The van der Waals surface area contributed by atoms with Gasteiger partial charge in [0.1, 0.15) is 0 Å². The van der Waals surface area contributed by atoms with E-state index >= 15 is 0 Å². The number of hydrogen-bond acceptors (Lipinski definition) is 3. The highest BCUT2D eigenvalue weighted by Gasteiger charge is 2.15. The summed E-state index contributed by atoms with van der Waals surface area (Å²) in [7, 11) is 0. The number of nitrogens with one attached hydrogen (secondary N) is 1. The van der Waals surface area contributed by atoms with Gasteiger partial charge in [0.05, 0.1) is 6.54 Å². The normalized spacial score (nSPS) is 16.3. The lowest BCUT2D eigenvalue weighted by atomic mass is 10.1.